The molecule has 0 amide bonds. The Bertz CT molecular complexity index is 542. The summed E-state index contributed by atoms with van der Waals surface area (Å²) in [5.74, 6) is 0.927. The van der Waals surface area contributed by atoms with Crippen LogP contribution >= 0.6 is 0 Å². The molecule has 1 saturated heterocycles. The van der Waals surface area contributed by atoms with Crippen molar-refractivity contribution in [1.82, 2.24) is 15.3 Å². The van der Waals surface area contributed by atoms with Crippen LogP contribution in [0.1, 0.15) is 36.7 Å². The molecule has 3 rings (SSSR count). The Morgan fingerprint density at radius 1 is 1.11 bits per heavy atom. The lowest BCUT2D eigenvalue weighted by Crippen LogP contribution is -2.28. The number of nitrogens with zero attached hydrogens (tertiary/aromatic N) is 2. The van der Waals surface area contributed by atoms with Crippen molar-refractivity contribution in [1.29, 1.82) is 0 Å². The van der Waals surface area contributed by atoms with Gasteiger partial charge in [0, 0.05) is 18.0 Å². The van der Waals surface area contributed by atoms with E-state index in [1.54, 1.807) is 0 Å². The van der Waals surface area contributed by atoms with Crippen molar-refractivity contribution in [3.8, 4) is 11.1 Å². The molecule has 0 spiro atoms. The molecule has 3 heteroatoms. The number of hydrogen-bond acceptors (Lipinski definition) is 3. The summed E-state index contributed by atoms with van der Waals surface area (Å²) in [5.41, 5.74) is 3.53. The normalized spacial score (nSPS) is 19.3. The fraction of sp³-hybridized carbons (Fsp3) is 0.375. The molecule has 1 N–H and O–H groups in total. The number of benzene rings is 1. The SMILES string of the molecule is Cc1cccc(-c2cnc(C3CCCCN3)nc2)c1. The van der Waals surface area contributed by atoms with Gasteiger partial charge >= 0.3 is 0 Å². The second-order valence-electron chi connectivity index (χ2n) is 5.20. The molecule has 1 aromatic heterocycles. The van der Waals surface area contributed by atoms with Gasteiger partial charge in [-0.25, -0.2) is 9.97 Å². The lowest BCUT2D eigenvalue weighted by molar-refractivity contribution is 0.397. The summed E-state index contributed by atoms with van der Waals surface area (Å²) in [6.45, 7) is 3.18. The summed E-state index contributed by atoms with van der Waals surface area (Å²) in [5, 5.41) is 3.48. The summed E-state index contributed by atoms with van der Waals surface area (Å²) in [6, 6.07) is 8.77. The molecule has 0 bridgehead atoms. The Labute approximate surface area is 114 Å². The molecule has 1 fully saturated rings. The monoisotopic (exact) mass is 253 g/mol. The van der Waals surface area contributed by atoms with Crippen LogP contribution in [0.4, 0.5) is 0 Å². The Hall–Kier alpha value is -1.74. The highest BCUT2D eigenvalue weighted by Crippen LogP contribution is 2.22. The Kier molecular flexibility index (Phi) is 3.56. The van der Waals surface area contributed by atoms with Crippen LogP contribution in [0.5, 0.6) is 0 Å². The van der Waals surface area contributed by atoms with Gasteiger partial charge < -0.3 is 5.32 Å². The first-order valence-corrected chi connectivity index (χ1v) is 6.95. The smallest absolute Gasteiger partial charge is 0.145 e. The molecule has 0 aliphatic carbocycles. The second-order valence-corrected chi connectivity index (χ2v) is 5.20. The van der Waals surface area contributed by atoms with Crippen molar-refractivity contribution >= 4 is 0 Å². The summed E-state index contributed by atoms with van der Waals surface area (Å²) < 4.78 is 0. The highest BCUT2D eigenvalue weighted by molar-refractivity contribution is 5.62. The molecule has 1 aliphatic heterocycles. The van der Waals surface area contributed by atoms with E-state index in [4.69, 9.17) is 0 Å². The lowest BCUT2D eigenvalue weighted by Gasteiger charge is -2.21. The number of hydrogen-bond donors (Lipinski definition) is 1. The van der Waals surface area contributed by atoms with E-state index in [2.05, 4.69) is 46.5 Å². The van der Waals surface area contributed by atoms with Crippen molar-refractivity contribution in [2.75, 3.05) is 6.54 Å². The third kappa shape index (κ3) is 2.82. The van der Waals surface area contributed by atoms with Crippen LogP contribution in [0.15, 0.2) is 36.7 Å². The molecule has 2 aromatic rings. The third-order valence-corrected chi connectivity index (χ3v) is 3.65. The summed E-state index contributed by atoms with van der Waals surface area (Å²) in [6.07, 6.45) is 7.54. The van der Waals surface area contributed by atoms with Crippen LogP contribution in [0, 0.1) is 6.92 Å². The molecule has 1 aromatic carbocycles. The third-order valence-electron chi connectivity index (χ3n) is 3.65. The number of nitrogens with one attached hydrogen (secondary N) is 1. The first kappa shape index (κ1) is 12.3. The minimum absolute atomic E-state index is 0.334. The summed E-state index contributed by atoms with van der Waals surface area (Å²) in [7, 11) is 0. The number of aryl methyl sites for hydroxylation is 1. The molecule has 19 heavy (non-hydrogen) atoms. The Balaban J connectivity index is 1.82. The minimum atomic E-state index is 0.334. The number of piperidine rings is 1. The van der Waals surface area contributed by atoms with Crippen LogP contribution in [0.3, 0.4) is 0 Å². The molecular formula is C16H19N3. The molecular weight excluding hydrogens is 234 g/mol. The predicted molar refractivity (Wildman–Crippen MR) is 76.8 cm³/mol. The van der Waals surface area contributed by atoms with Crippen LogP contribution < -0.4 is 5.32 Å². The van der Waals surface area contributed by atoms with Gasteiger partial charge in [0.05, 0.1) is 6.04 Å². The molecule has 0 saturated carbocycles. The zero-order valence-electron chi connectivity index (χ0n) is 11.3. The van der Waals surface area contributed by atoms with Gasteiger partial charge in [-0.2, -0.15) is 0 Å². The van der Waals surface area contributed by atoms with Crippen molar-refractivity contribution in [2.45, 2.75) is 32.2 Å². The predicted octanol–water partition coefficient (Wildman–Crippen LogP) is 3.27. The maximum Gasteiger partial charge on any atom is 0.145 e. The van der Waals surface area contributed by atoms with Gasteiger partial charge in [0.15, 0.2) is 0 Å². The van der Waals surface area contributed by atoms with E-state index >= 15 is 0 Å². The second kappa shape index (κ2) is 5.49. The van der Waals surface area contributed by atoms with Gasteiger partial charge in [-0.1, -0.05) is 36.2 Å². The van der Waals surface area contributed by atoms with E-state index in [9.17, 15) is 0 Å². The van der Waals surface area contributed by atoms with Gasteiger partial charge in [-0.15, -0.1) is 0 Å². The Morgan fingerprint density at radius 2 is 1.95 bits per heavy atom. The van der Waals surface area contributed by atoms with Crippen LogP contribution in [-0.4, -0.2) is 16.5 Å². The zero-order valence-corrected chi connectivity index (χ0v) is 11.3. The van der Waals surface area contributed by atoms with Crippen molar-refractivity contribution in [2.24, 2.45) is 0 Å². The molecule has 98 valence electrons. The van der Waals surface area contributed by atoms with Gasteiger partial charge in [0.1, 0.15) is 5.82 Å². The molecule has 1 unspecified atom stereocenters. The highest BCUT2D eigenvalue weighted by Gasteiger charge is 2.16. The fourth-order valence-electron chi connectivity index (χ4n) is 2.56. The fourth-order valence-corrected chi connectivity index (χ4v) is 2.56. The largest absolute Gasteiger partial charge is 0.307 e. The van der Waals surface area contributed by atoms with E-state index in [1.165, 1.54) is 24.0 Å². The first-order valence-electron chi connectivity index (χ1n) is 6.95. The van der Waals surface area contributed by atoms with Crippen LogP contribution in [0.25, 0.3) is 11.1 Å². The molecule has 1 aliphatic rings. The van der Waals surface area contributed by atoms with Crippen LogP contribution in [-0.2, 0) is 0 Å². The average molecular weight is 253 g/mol. The number of aromatic nitrogens is 2. The average Bonchev–Trinajstić information content (AvgIpc) is 2.48. The van der Waals surface area contributed by atoms with Crippen molar-refractivity contribution in [3.63, 3.8) is 0 Å². The van der Waals surface area contributed by atoms with Crippen molar-refractivity contribution in [3.05, 3.63) is 48.0 Å². The van der Waals surface area contributed by atoms with E-state index in [1.807, 2.05) is 12.4 Å². The number of rotatable bonds is 2. The quantitative estimate of drug-likeness (QED) is 0.892. The molecule has 2 heterocycles. The highest BCUT2D eigenvalue weighted by atomic mass is 15.0. The first-order chi connectivity index (χ1) is 9.33. The molecule has 1 atom stereocenters. The zero-order chi connectivity index (χ0) is 13.1. The van der Waals surface area contributed by atoms with Gasteiger partial charge in [0.2, 0.25) is 0 Å². The van der Waals surface area contributed by atoms with Gasteiger partial charge in [0.25, 0.3) is 0 Å². The Morgan fingerprint density at radius 3 is 2.63 bits per heavy atom. The molecule has 0 radical (unpaired) electrons. The summed E-state index contributed by atoms with van der Waals surface area (Å²) >= 11 is 0. The van der Waals surface area contributed by atoms with Crippen molar-refractivity contribution < 1.29 is 0 Å². The maximum absolute atomic E-state index is 4.53. The lowest BCUT2D eigenvalue weighted by atomic mass is 10.0. The topological polar surface area (TPSA) is 37.8 Å². The van der Waals surface area contributed by atoms with E-state index < -0.39 is 0 Å². The van der Waals surface area contributed by atoms with Crippen LogP contribution in [0.2, 0.25) is 0 Å². The maximum atomic E-state index is 4.53. The summed E-state index contributed by atoms with van der Waals surface area (Å²) in [4.78, 5) is 9.07. The molecule has 3 nitrogen and oxygen atoms in total. The minimum Gasteiger partial charge on any atom is -0.307 e. The van der Waals surface area contributed by atoms with E-state index in [0.717, 1.165) is 24.4 Å². The van der Waals surface area contributed by atoms with E-state index in [0.29, 0.717) is 6.04 Å². The van der Waals surface area contributed by atoms with Gasteiger partial charge in [-0.3, -0.25) is 0 Å². The van der Waals surface area contributed by atoms with Gasteiger partial charge in [-0.05, 0) is 31.9 Å². The van der Waals surface area contributed by atoms with E-state index in [-0.39, 0.29) is 0 Å². The standard InChI is InChI=1S/C16H19N3/c1-12-5-4-6-13(9-12)14-10-18-16(19-11-14)15-7-2-3-8-17-15/h4-6,9-11,15,17H,2-3,7-8H2,1H3.